The molecule has 0 aromatic rings. The monoisotopic (exact) mass is 551 g/mol. The van der Waals surface area contributed by atoms with Crippen LogP contribution < -0.4 is 0 Å². The molecule has 0 spiro atoms. The van der Waals surface area contributed by atoms with Gasteiger partial charge < -0.3 is 0 Å². The van der Waals surface area contributed by atoms with E-state index in [-0.39, 0.29) is 0 Å². The maximum atomic E-state index is 5.89. The molecule has 184 valence electrons. The first-order valence-electron chi connectivity index (χ1n) is 11.6. The summed E-state index contributed by atoms with van der Waals surface area (Å²) in [6, 6.07) is 3.33. The lowest BCUT2D eigenvalue weighted by Gasteiger charge is -2.58. The summed E-state index contributed by atoms with van der Waals surface area (Å²) in [6.45, 7) is 43.9. The molecule has 0 heterocycles. The first-order valence-corrected chi connectivity index (χ1v) is 33.9. The van der Waals surface area contributed by atoms with Gasteiger partial charge in [0, 0.05) is 0 Å². The Labute approximate surface area is 202 Å². The Morgan fingerprint density at radius 2 is 0.774 bits per heavy atom. The van der Waals surface area contributed by atoms with Crippen molar-refractivity contribution < 1.29 is 0 Å². The molecular weight excluding hydrogens is 498 g/mol. The topological polar surface area (TPSA) is 43.6 Å². The summed E-state index contributed by atoms with van der Waals surface area (Å²) < 4.78 is 22.1. The third kappa shape index (κ3) is 9.92. The standard InChI is InChI=1S/C19H54N5PSi6/c1-26(2,3)21-19-20-25(22-27(4,5)6,23(28(7,8)9)29(10,11)12)24(30(13,14)15)31(16,17)18/h1-18H3. The van der Waals surface area contributed by atoms with E-state index in [0.29, 0.717) is 0 Å². The SMILES string of the molecule is C[Si](C)(C)N=C=NP(=N[Si](C)(C)C)(N([Si](C)(C)C)[Si](C)(C)C)N([Si](C)(C)C)[Si](C)(C)C. The van der Waals surface area contributed by atoms with Crippen LogP contribution in [0.5, 0.6) is 0 Å². The van der Waals surface area contributed by atoms with Crippen LogP contribution >= 0.6 is 7.51 Å². The molecule has 0 fully saturated rings. The molecular formula is C19H54N5PSi6. The zero-order valence-electron chi connectivity index (χ0n) is 24.2. The van der Waals surface area contributed by atoms with Gasteiger partial charge >= 0.3 is 0 Å². The van der Waals surface area contributed by atoms with Gasteiger partial charge in [-0.1, -0.05) is 78.6 Å². The summed E-state index contributed by atoms with van der Waals surface area (Å²) in [7, 11) is -12.9. The Balaban J connectivity index is 8.07. The van der Waals surface area contributed by atoms with E-state index >= 15 is 0 Å². The highest BCUT2D eigenvalue weighted by Crippen LogP contribution is 2.66. The van der Waals surface area contributed by atoms with Gasteiger partial charge in [0.05, 0.1) is 6.01 Å². The van der Waals surface area contributed by atoms with E-state index in [0.717, 1.165) is 0 Å². The van der Waals surface area contributed by atoms with Crippen molar-refractivity contribution in [1.82, 2.24) is 8.00 Å². The summed E-state index contributed by atoms with van der Waals surface area (Å²) in [5.41, 5.74) is 0. The van der Waals surface area contributed by atoms with Gasteiger partial charge in [0.15, 0.2) is 24.0 Å². The highest BCUT2D eigenvalue weighted by molar-refractivity contribution is 7.69. The van der Waals surface area contributed by atoms with Crippen molar-refractivity contribution in [3.8, 4) is 0 Å². The van der Waals surface area contributed by atoms with Crippen LogP contribution in [0, 0.1) is 0 Å². The second kappa shape index (κ2) is 9.83. The molecule has 0 aromatic carbocycles. The van der Waals surface area contributed by atoms with Crippen LogP contribution in [0.4, 0.5) is 0 Å². The van der Waals surface area contributed by atoms with Crippen molar-refractivity contribution in [2.45, 2.75) is 118 Å². The lowest BCUT2D eigenvalue weighted by atomic mass is 11.6. The molecule has 0 unspecified atom stereocenters. The van der Waals surface area contributed by atoms with Crippen molar-refractivity contribution >= 4 is 62.9 Å². The fourth-order valence-electron chi connectivity index (χ4n) is 4.55. The Morgan fingerprint density at radius 1 is 0.484 bits per heavy atom. The zero-order chi connectivity index (χ0) is 25.5. The highest BCUT2D eigenvalue weighted by atomic mass is 31.2. The van der Waals surface area contributed by atoms with Gasteiger partial charge in [-0.3, -0.25) is 17.1 Å². The molecule has 0 aliphatic heterocycles. The largest absolute Gasteiger partial charge is 0.295 e. The van der Waals surface area contributed by atoms with E-state index in [1.54, 1.807) is 0 Å². The molecule has 31 heavy (non-hydrogen) atoms. The first-order chi connectivity index (χ1) is 13.1. The summed E-state index contributed by atoms with van der Waals surface area (Å²) in [4.78, 5) is 0. The predicted molar refractivity (Wildman–Crippen MR) is 163 cm³/mol. The van der Waals surface area contributed by atoms with Crippen molar-refractivity contribution in [2.75, 3.05) is 0 Å². The molecule has 0 saturated heterocycles. The molecule has 5 nitrogen and oxygen atoms in total. The number of hydrogen-bond acceptors (Lipinski definition) is 2. The van der Waals surface area contributed by atoms with Gasteiger partial charge in [-0.2, -0.15) is 4.76 Å². The number of hydrogen-bond donors (Lipinski definition) is 0. The fourth-order valence-corrected chi connectivity index (χ4v) is 42.9. The van der Waals surface area contributed by atoms with Crippen LogP contribution in [-0.4, -0.2) is 63.4 Å². The normalized spacial score (nSPS) is 15.2. The van der Waals surface area contributed by atoms with Crippen LogP contribution in [-0.2, 0) is 0 Å². The molecule has 0 N–H and O–H groups in total. The highest BCUT2D eigenvalue weighted by Gasteiger charge is 2.54. The van der Waals surface area contributed by atoms with Crippen molar-refractivity contribution in [1.29, 1.82) is 0 Å². The Hall–Kier alpha value is 0.831. The fraction of sp³-hybridized carbons (Fsp3) is 0.947. The molecule has 0 atom stereocenters. The Bertz CT molecular complexity index is 673. The predicted octanol–water partition coefficient (Wildman–Crippen LogP) is 8.72. The summed E-state index contributed by atoms with van der Waals surface area (Å²) in [5, 5.41) is 0. The summed E-state index contributed by atoms with van der Waals surface area (Å²) in [6.07, 6.45) is 0. The summed E-state index contributed by atoms with van der Waals surface area (Å²) in [5.74, 6) is 0. The van der Waals surface area contributed by atoms with E-state index in [4.69, 9.17) is 13.8 Å². The van der Waals surface area contributed by atoms with Crippen LogP contribution in [0.1, 0.15) is 0 Å². The molecule has 0 rings (SSSR count). The molecule has 0 saturated carbocycles. The third-order valence-corrected chi connectivity index (χ3v) is 33.3. The molecule has 0 aliphatic rings. The Morgan fingerprint density at radius 3 is 0.968 bits per heavy atom. The minimum atomic E-state index is -2.37. The van der Waals surface area contributed by atoms with Gasteiger partial charge in [-0.15, -0.1) is 0 Å². The second-order valence-corrected chi connectivity index (χ2v) is 47.9. The summed E-state index contributed by atoms with van der Waals surface area (Å²) >= 11 is 0. The lowest BCUT2D eigenvalue weighted by Crippen LogP contribution is -2.65. The maximum absolute atomic E-state index is 5.89. The first kappa shape index (κ1) is 31.8. The second-order valence-electron chi connectivity index (χ2n) is 14.6. The molecule has 12 heteroatoms. The molecule has 0 bridgehead atoms. The van der Waals surface area contributed by atoms with Gasteiger partial charge in [0.25, 0.3) is 0 Å². The number of rotatable bonds is 9. The van der Waals surface area contributed by atoms with Gasteiger partial charge in [0.2, 0.25) is 0 Å². The van der Waals surface area contributed by atoms with Gasteiger partial charge in [0.1, 0.15) is 32.9 Å². The minimum absolute atomic E-state index is 1.65. The van der Waals surface area contributed by atoms with E-state index in [1.807, 2.05) is 0 Å². The van der Waals surface area contributed by atoms with Gasteiger partial charge in [-0.25, -0.2) is 0 Å². The zero-order valence-corrected chi connectivity index (χ0v) is 31.1. The molecule has 0 aromatic heterocycles. The molecule has 0 aliphatic carbocycles. The van der Waals surface area contributed by atoms with Crippen molar-refractivity contribution in [3.05, 3.63) is 0 Å². The van der Waals surface area contributed by atoms with E-state index < -0.39 is 56.9 Å². The average Bonchev–Trinajstić information content (AvgIpc) is 2.25. The minimum Gasteiger partial charge on any atom is -0.295 e. The van der Waals surface area contributed by atoms with E-state index in [1.165, 1.54) is 0 Å². The van der Waals surface area contributed by atoms with E-state index in [9.17, 15) is 0 Å². The molecule has 0 amide bonds. The van der Waals surface area contributed by atoms with Crippen LogP contribution in [0.15, 0.2) is 13.8 Å². The van der Waals surface area contributed by atoms with Crippen molar-refractivity contribution in [2.24, 2.45) is 13.8 Å². The molecule has 0 radical (unpaired) electrons. The van der Waals surface area contributed by atoms with Crippen LogP contribution in [0.3, 0.4) is 0 Å². The lowest BCUT2D eigenvalue weighted by molar-refractivity contribution is 0.838. The van der Waals surface area contributed by atoms with Crippen LogP contribution in [0.2, 0.25) is 118 Å². The maximum Gasteiger partial charge on any atom is 0.187 e. The average molecular weight is 552 g/mol. The smallest absolute Gasteiger partial charge is 0.187 e. The third-order valence-electron chi connectivity index (χ3n) is 4.08. The van der Waals surface area contributed by atoms with Gasteiger partial charge in [-0.05, 0) is 39.3 Å². The Kier molecular flexibility index (Phi) is 10.1. The van der Waals surface area contributed by atoms with Crippen molar-refractivity contribution in [3.63, 3.8) is 0 Å². The quantitative estimate of drug-likeness (QED) is 0.163. The number of nitrogens with zero attached hydrogens (tertiary/aromatic N) is 5. The van der Waals surface area contributed by atoms with Crippen LogP contribution in [0.25, 0.3) is 0 Å². The van der Waals surface area contributed by atoms with E-state index in [2.05, 4.69) is 132 Å².